The molecule has 126 valence electrons. The summed E-state index contributed by atoms with van der Waals surface area (Å²) >= 11 is 0. The minimum atomic E-state index is 0.260. The highest BCUT2D eigenvalue weighted by Gasteiger charge is 2.27. The van der Waals surface area contributed by atoms with Crippen molar-refractivity contribution in [3.05, 3.63) is 30.7 Å². The maximum atomic E-state index is 6.06. The van der Waals surface area contributed by atoms with Crippen LogP contribution in [0.2, 0.25) is 0 Å². The minimum absolute atomic E-state index is 0.260. The summed E-state index contributed by atoms with van der Waals surface area (Å²) in [6, 6.07) is 1.85. The Hall–Kier alpha value is -1.75. The van der Waals surface area contributed by atoms with Crippen LogP contribution in [0.4, 0.5) is 5.69 Å². The molecule has 0 aromatic carbocycles. The zero-order chi connectivity index (χ0) is 16.2. The van der Waals surface area contributed by atoms with Gasteiger partial charge in [-0.2, -0.15) is 0 Å². The number of anilines is 1. The van der Waals surface area contributed by atoms with Gasteiger partial charge < -0.3 is 20.3 Å². The number of pyridine rings is 1. The van der Waals surface area contributed by atoms with Crippen molar-refractivity contribution in [3.8, 4) is 5.75 Å². The molecule has 3 rings (SSSR count). The van der Waals surface area contributed by atoms with E-state index < -0.39 is 0 Å². The van der Waals surface area contributed by atoms with Gasteiger partial charge in [0, 0.05) is 44.1 Å². The molecule has 0 amide bonds. The second kappa shape index (κ2) is 7.21. The molecule has 0 radical (unpaired) electrons. The van der Waals surface area contributed by atoms with E-state index in [0.29, 0.717) is 11.6 Å². The third kappa shape index (κ3) is 3.96. The maximum Gasteiger partial charge on any atom is 0.145 e. The van der Waals surface area contributed by atoms with Crippen molar-refractivity contribution in [1.29, 1.82) is 0 Å². The molecule has 23 heavy (non-hydrogen) atoms. The van der Waals surface area contributed by atoms with Gasteiger partial charge in [0.25, 0.3) is 0 Å². The molecule has 1 aliphatic carbocycles. The van der Waals surface area contributed by atoms with Gasteiger partial charge in [-0.1, -0.05) is 6.58 Å². The lowest BCUT2D eigenvalue weighted by Crippen LogP contribution is -2.45. The molecule has 2 heterocycles. The van der Waals surface area contributed by atoms with Crippen LogP contribution >= 0.6 is 0 Å². The van der Waals surface area contributed by atoms with E-state index in [0.717, 1.165) is 57.6 Å². The van der Waals surface area contributed by atoms with Crippen molar-refractivity contribution in [3.63, 3.8) is 0 Å². The van der Waals surface area contributed by atoms with Crippen molar-refractivity contribution in [2.45, 2.75) is 31.8 Å². The lowest BCUT2D eigenvalue weighted by atomic mass is 9.85. The van der Waals surface area contributed by atoms with Gasteiger partial charge in [0.2, 0.25) is 0 Å². The van der Waals surface area contributed by atoms with Crippen LogP contribution < -0.4 is 10.5 Å². The van der Waals surface area contributed by atoms with Crippen LogP contribution in [0, 0.1) is 5.92 Å². The van der Waals surface area contributed by atoms with Crippen LogP contribution in [0.3, 0.4) is 0 Å². The normalized spacial score (nSPS) is 26.0. The highest BCUT2D eigenvalue weighted by molar-refractivity contribution is 5.49. The van der Waals surface area contributed by atoms with E-state index >= 15 is 0 Å². The summed E-state index contributed by atoms with van der Waals surface area (Å²) < 4.78 is 6.06. The second-order valence-corrected chi connectivity index (χ2v) is 6.79. The number of nitrogen functional groups attached to an aromatic ring is 1. The molecular weight excluding hydrogens is 288 g/mol. The van der Waals surface area contributed by atoms with E-state index in [4.69, 9.17) is 10.5 Å². The fraction of sp³-hybridized carbons (Fsp3) is 0.611. The average molecular weight is 316 g/mol. The monoisotopic (exact) mass is 316 g/mol. The number of hydrogen-bond acceptors (Lipinski definition) is 5. The Morgan fingerprint density at radius 2 is 1.91 bits per heavy atom. The van der Waals surface area contributed by atoms with Gasteiger partial charge in [0.15, 0.2) is 0 Å². The van der Waals surface area contributed by atoms with Crippen molar-refractivity contribution >= 4 is 5.69 Å². The summed E-state index contributed by atoms with van der Waals surface area (Å²) in [7, 11) is 2.19. The number of rotatable bonds is 4. The molecule has 1 aliphatic heterocycles. The van der Waals surface area contributed by atoms with Gasteiger partial charge in [-0.25, -0.2) is 0 Å². The Balaban J connectivity index is 1.48. The summed E-state index contributed by atoms with van der Waals surface area (Å²) in [6.07, 6.45) is 8.08. The molecule has 2 fully saturated rings. The van der Waals surface area contributed by atoms with Crippen molar-refractivity contribution in [1.82, 2.24) is 14.8 Å². The molecule has 1 saturated heterocycles. The van der Waals surface area contributed by atoms with Crippen LogP contribution in [-0.4, -0.2) is 54.1 Å². The molecule has 0 spiro atoms. The quantitative estimate of drug-likeness (QED) is 0.924. The Morgan fingerprint density at radius 1 is 1.22 bits per heavy atom. The zero-order valence-corrected chi connectivity index (χ0v) is 14.1. The Bertz CT molecular complexity index is 532. The number of allylic oxidation sites excluding steroid dienone is 1. The van der Waals surface area contributed by atoms with E-state index in [2.05, 4.69) is 28.4 Å². The minimum Gasteiger partial charge on any atom is -0.488 e. The Labute approximate surface area is 139 Å². The molecule has 2 aliphatic rings. The van der Waals surface area contributed by atoms with E-state index in [-0.39, 0.29) is 6.10 Å². The van der Waals surface area contributed by atoms with Crippen LogP contribution in [-0.2, 0) is 0 Å². The van der Waals surface area contributed by atoms with Crippen LogP contribution in [0.1, 0.15) is 25.7 Å². The molecule has 5 heteroatoms. The summed E-state index contributed by atoms with van der Waals surface area (Å²) in [6.45, 7) is 8.88. The molecule has 0 unspecified atom stereocenters. The van der Waals surface area contributed by atoms with Gasteiger partial charge >= 0.3 is 0 Å². The number of piperazine rings is 1. The fourth-order valence-corrected chi connectivity index (χ4v) is 3.55. The van der Waals surface area contributed by atoms with Gasteiger partial charge in [-0.3, -0.25) is 4.98 Å². The van der Waals surface area contributed by atoms with E-state index in [1.54, 1.807) is 12.4 Å². The zero-order valence-electron chi connectivity index (χ0n) is 14.1. The van der Waals surface area contributed by atoms with E-state index in [1.165, 1.54) is 5.70 Å². The van der Waals surface area contributed by atoms with Gasteiger partial charge in [0.1, 0.15) is 5.75 Å². The highest BCUT2D eigenvalue weighted by Crippen LogP contribution is 2.34. The predicted octanol–water partition coefficient (Wildman–Crippen LogP) is 2.36. The van der Waals surface area contributed by atoms with Crippen LogP contribution in [0.25, 0.3) is 0 Å². The van der Waals surface area contributed by atoms with Gasteiger partial charge in [-0.15, -0.1) is 0 Å². The van der Waals surface area contributed by atoms with E-state index in [9.17, 15) is 0 Å². The number of ether oxygens (including phenoxy) is 1. The SMILES string of the molecule is C=C([C@H]1CC[C@@H](Oc2ccncc2N)CC1)N1CCN(C)CC1. The van der Waals surface area contributed by atoms with Crippen molar-refractivity contribution in [2.24, 2.45) is 5.92 Å². The van der Waals surface area contributed by atoms with E-state index in [1.807, 2.05) is 6.07 Å². The highest BCUT2D eigenvalue weighted by atomic mass is 16.5. The molecule has 0 atom stereocenters. The molecule has 5 nitrogen and oxygen atoms in total. The lowest BCUT2D eigenvalue weighted by molar-refractivity contribution is 0.120. The lowest BCUT2D eigenvalue weighted by Gasteiger charge is -2.40. The van der Waals surface area contributed by atoms with Crippen LogP contribution in [0.5, 0.6) is 5.75 Å². The first-order valence-electron chi connectivity index (χ1n) is 8.62. The summed E-state index contributed by atoms with van der Waals surface area (Å²) in [5.74, 6) is 1.37. The number of likely N-dealkylation sites (N-methyl/N-ethyl adjacent to an activating group) is 1. The molecule has 0 bridgehead atoms. The Morgan fingerprint density at radius 3 is 2.57 bits per heavy atom. The number of nitrogens with two attached hydrogens (primary N) is 1. The number of aromatic nitrogens is 1. The molecule has 2 N–H and O–H groups in total. The molecule has 1 aromatic rings. The van der Waals surface area contributed by atoms with Gasteiger partial charge in [-0.05, 0) is 38.6 Å². The Kier molecular flexibility index (Phi) is 5.06. The third-order valence-electron chi connectivity index (χ3n) is 5.16. The molecule has 1 aromatic heterocycles. The summed E-state index contributed by atoms with van der Waals surface area (Å²) in [5.41, 5.74) is 7.86. The largest absolute Gasteiger partial charge is 0.488 e. The first-order chi connectivity index (χ1) is 11.1. The fourth-order valence-electron chi connectivity index (χ4n) is 3.55. The first kappa shape index (κ1) is 16.1. The summed E-state index contributed by atoms with van der Waals surface area (Å²) in [4.78, 5) is 8.87. The standard InChI is InChI=1S/C18H28N4O/c1-14(22-11-9-21(2)10-12-22)15-3-5-16(6-4-15)23-18-7-8-20-13-17(18)19/h7-8,13,15-16H,1,3-6,9-12,19H2,2H3/t15-,16+. The van der Waals surface area contributed by atoms with Gasteiger partial charge in [0.05, 0.1) is 18.0 Å². The molecular formula is C18H28N4O. The first-order valence-corrected chi connectivity index (χ1v) is 8.62. The van der Waals surface area contributed by atoms with Crippen LogP contribution in [0.15, 0.2) is 30.7 Å². The number of hydrogen-bond donors (Lipinski definition) is 1. The second-order valence-electron chi connectivity index (χ2n) is 6.79. The predicted molar refractivity (Wildman–Crippen MR) is 93.2 cm³/mol. The average Bonchev–Trinajstić information content (AvgIpc) is 2.58. The number of nitrogens with zero attached hydrogens (tertiary/aromatic N) is 3. The smallest absolute Gasteiger partial charge is 0.145 e. The van der Waals surface area contributed by atoms with Crippen molar-refractivity contribution < 1.29 is 4.74 Å². The molecule has 1 saturated carbocycles. The van der Waals surface area contributed by atoms with Crippen molar-refractivity contribution in [2.75, 3.05) is 39.0 Å². The topological polar surface area (TPSA) is 54.6 Å². The maximum absolute atomic E-state index is 6.06. The summed E-state index contributed by atoms with van der Waals surface area (Å²) in [5, 5.41) is 0. The third-order valence-corrected chi connectivity index (χ3v) is 5.16.